The van der Waals surface area contributed by atoms with Crippen molar-refractivity contribution in [3.63, 3.8) is 0 Å². The molecule has 0 atom stereocenters. The van der Waals surface area contributed by atoms with E-state index in [1.165, 1.54) is 18.6 Å². The summed E-state index contributed by atoms with van der Waals surface area (Å²) in [6.45, 7) is -0.0123. The number of carbonyl (C=O) groups excluding carboxylic acids is 1. The van der Waals surface area contributed by atoms with Crippen LogP contribution in [-0.4, -0.2) is 11.1 Å². The number of halogens is 2. The first-order valence-electron chi connectivity index (χ1n) is 7.71. The predicted octanol–water partition coefficient (Wildman–Crippen LogP) is 4.24. The molecule has 0 radical (unpaired) electrons. The van der Waals surface area contributed by atoms with Gasteiger partial charge in [0.2, 0.25) is 0 Å². The van der Waals surface area contributed by atoms with Crippen molar-refractivity contribution in [2.24, 2.45) is 5.92 Å². The van der Waals surface area contributed by atoms with Crippen LogP contribution in [0.25, 0.3) is 11.3 Å². The summed E-state index contributed by atoms with van der Waals surface area (Å²) in [5.74, 6) is -1.47. The molecule has 0 bridgehead atoms. The Hall–Kier alpha value is -2.24. The van der Waals surface area contributed by atoms with Gasteiger partial charge in [0, 0.05) is 12.1 Å². The number of nitrogens with zero attached hydrogens (tertiary/aromatic N) is 1. The Kier molecular flexibility index (Phi) is 4.69. The van der Waals surface area contributed by atoms with Gasteiger partial charge in [-0.3, -0.25) is 4.79 Å². The van der Waals surface area contributed by atoms with Crippen LogP contribution in [0.15, 0.2) is 28.8 Å². The number of esters is 1. The number of hydrogen-bond acceptors (Lipinski definition) is 4. The normalized spacial score (nSPS) is 15.6. The van der Waals surface area contributed by atoms with Crippen molar-refractivity contribution in [1.82, 2.24) is 5.16 Å². The Labute approximate surface area is 132 Å². The summed E-state index contributed by atoms with van der Waals surface area (Å²) in [4.78, 5) is 12.0. The van der Waals surface area contributed by atoms with E-state index in [-0.39, 0.29) is 29.8 Å². The summed E-state index contributed by atoms with van der Waals surface area (Å²) in [5.41, 5.74) is 0.511. The number of rotatable bonds is 4. The molecule has 3 rings (SSSR count). The van der Waals surface area contributed by atoms with E-state index in [2.05, 4.69) is 5.16 Å². The monoisotopic (exact) mass is 321 g/mol. The lowest BCUT2D eigenvalue weighted by molar-refractivity contribution is -0.151. The highest BCUT2D eigenvalue weighted by Gasteiger charge is 2.23. The van der Waals surface area contributed by atoms with Crippen LogP contribution in [0.2, 0.25) is 0 Å². The lowest BCUT2D eigenvalue weighted by atomic mass is 9.89. The van der Waals surface area contributed by atoms with Gasteiger partial charge in [-0.1, -0.05) is 24.4 Å². The highest BCUT2D eigenvalue weighted by atomic mass is 19.1. The van der Waals surface area contributed by atoms with E-state index in [1.807, 2.05) is 0 Å². The van der Waals surface area contributed by atoms with Gasteiger partial charge in [-0.2, -0.15) is 0 Å². The van der Waals surface area contributed by atoms with Crippen molar-refractivity contribution >= 4 is 5.97 Å². The second-order valence-corrected chi connectivity index (χ2v) is 5.75. The molecule has 1 fully saturated rings. The van der Waals surface area contributed by atoms with Gasteiger partial charge in [0.25, 0.3) is 0 Å². The largest absolute Gasteiger partial charge is 0.459 e. The van der Waals surface area contributed by atoms with Crippen molar-refractivity contribution in [3.8, 4) is 11.3 Å². The maximum Gasteiger partial charge on any atom is 0.309 e. The van der Waals surface area contributed by atoms with E-state index in [9.17, 15) is 13.6 Å². The maximum atomic E-state index is 13.7. The highest BCUT2D eigenvalue weighted by molar-refractivity contribution is 5.72. The smallest absolute Gasteiger partial charge is 0.309 e. The van der Waals surface area contributed by atoms with Crippen molar-refractivity contribution in [1.29, 1.82) is 0 Å². The van der Waals surface area contributed by atoms with Gasteiger partial charge >= 0.3 is 5.97 Å². The predicted molar refractivity (Wildman–Crippen MR) is 78.2 cm³/mol. The molecule has 23 heavy (non-hydrogen) atoms. The molecule has 1 saturated carbocycles. The summed E-state index contributed by atoms with van der Waals surface area (Å²) < 4.78 is 36.9. The zero-order valence-corrected chi connectivity index (χ0v) is 12.6. The fourth-order valence-corrected chi connectivity index (χ4v) is 2.80. The summed E-state index contributed by atoms with van der Waals surface area (Å²) in [7, 11) is 0. The summed E-state index contributed by atoms with van der Waals surface area (Å²) in [6, 6.07) is 4.69. The molecular weight excluding hydrogens is 304 g/mol. The molecule has 0 amide bonds. The third-order valence-corrected chi connectivity index (χ3v) is 4.06. The second kappa shape index (κ2) is 6.89. The van der Waals surface area contributed by atoms with Crippen LogP contribution in [0, 0.1) is 17.6 Å². The molecular formula is C17H17F2NO3. The fourth-order valence-electron chi connectivity index (χ4n) is 2.80. The lowest BCUT2D eigenvalue weighted by Gasteiger charge is -2.19. The molecule has 0 spiro atoms. The second-order valence-electron chi connectivity index (χ2n) is 5.75. The molecule has 2 aromatic rings. The Morgan fingerprint density at radius 1 is 1.22 bits per heavy atom. The maximum absolute atomic E-state index is 13.7. The molecule has 1 aliphatic carbocycles. The molecule has 0 saturated heterocycles. The van der Waals surface area contributed by atoms with Crippen LogP contribution in [-0.2, 0) is 16.1 Å². The van der Waals surface area contributed by atoms with Crippen molar-refractivity contribution < 1.29 is 22.8 Å². The molecule has 6 heteroatoms. The summed E-state index contributed by atoms with van der Waals surface area (Å²) >= 11 is 0. The Morgan fingerprint density at radius 2 is 2.00 bits per heavy atom. The molecule has 122 valence electrons. The lowest BCUT2D eigenvalue weighted by Crippen LogP contribution is -2.20. The van der Waals surface area contributed by atoms with Crippen LogP contribution in [0.1, 0.15) is 37.8 Å². The zero-order valence-electron chi connectivity index (χ0n) is 12.6. The summed E-state index contributed by atoms with van der Waals surface area (Å²) in [5, 5.41) is 3.76. The van der Waals surface area contributed by atoms with Gasteiger partial charge in [0.1, 0.15) is 23.9 Å². The van der Waals surface area contributed by atoms with Crippen molar-refractivity contribution in [3.05, 3.63) is 41.6 Å². The molecule has 4 nitrogen and oxygen atoms in total. The van der Waals surface area contributed by atoms with Crippen LogP contribution < -0.4 is 0 Å². The number of aromatic nitrogens is 1. The van der Waals surface area contributed by atoms with Gasteiger partial charge in [-0.05, 0) is 25.0 Å². The van der Waals surface area contributed by atoms with Gasteiger partial charge < -0.3 is 9.26 Å². The van der Waals surface area contributed by atoms with Crippen molar-refractivity contribution in [2.45, 2.75) is 38.7 Å². The number of benzene rings is 1. The molecule has 0 unspecified atom stereocenters. The molecule has 0 N–H and O–H groups in total. The van der Waals surface area contributed by atoms with Crippen LogP contribution in [0.4, 0.5) is 8.78 Å². The van der Waals surface area contributed by atoms with E-state index >= 15 is 0 Å². The molecule has 1 aromatic carbocycles. The minimum Gasteiger partial charge on any atom is -0.459 e. The SMILES string of the molecule is O=C(OCc1cc(-c2ccc(F)cc2F)on1)C1CCCCC1. The minimum absolute atomic E-state index is 0.0123. The van der Waals surface area contributed by atoms with Gasteiger partial charge in [-0.15, -0.1) is 0 Å². The fraction of sp³-hybridized carbons (Fsp3) is 0.412. The standard InChI is InChI=1S/C17H17F2NO3/c18-12-6-7-14(15(19)8-12)16-9-13(20-23-16)10-22-17(21)11-4-2-1-3-5-11/h6-9,11H,1-5,10H2. The first kappa shape index (κ1) is 15.6. The minimum atomic E-state index is -0.730. The van der Waals surface area contributed by atoms with E-state index < -0.39 is 11.6 Å². The van der Waals surface area contributed by atoms with Gasteiger partial charge in [0.05, 0.1) is 11.5 Å². The van der Waals surface area contributed by atoms with Crippen molar-refractivity contribution in [2.75, 3.05) is 0 Å². The highest BCUT2D eigenvalue weighted by Crippen LogP contribution is 2.26. The third kappa shape index (κ3) is 3.75. The number of carbonyl (C=O) groups is 1. The number of ether oxygens (including phenoxy) is 1. The Bertz CT molecular complexity index is 693. The average Bonchev–Trinajstić information content (AvgIpc) is 3.02. The Morgan fingerprint density at radius 3 is 2.74 bits per heavy atom. The molecule has 1 aromatic heterocycles. The van der Waals surface area contributed by atoms with Crippen LogP contribution in [0.5, 0.6) is 0 Å². The third-order valence-electron chi connectivity index (χ3n) is 4.06. The van der Waals surface area contributed by atoms with Crippen LogP contribution >= 0.6 is 0 Å². The topological polar surface area (TPSA) is 52.3 Å². The van der Waals surface area contributed by atoms with Gasteiger partial charge in [0.15, 0.2) is 5.76 Å². The molecule has 1 aliphatic rings. The molecule has 0 aliphatic heterocycles. The number of hydrogen-bond donors (Lipinski definition) is 0. The first-order valence-corrected chi connectivity index (χ1v) is 7.71. The van der Waals surface area contributed by atoms with Gasteiger partial charge in [-0.25, -0.2) is 8.78 Å². The van der Waals surface area contributed by atoms with E-state index in [1.54, 1.807) is 0 Å². The quantitative estimate of drug-likeness (QED) is 0.790. The Balaban J connectivity index is 1.62. The van der Waals surface area contributed by atoms with E-state index in [0.717, 1.165) is 37.8 Å². The average molecular weight is 321 g/mol. The summed E-state index contributed by atoms with van der Waals surface area (Å²) in [6.07, 6.45) is 5.00. The van der Waals surface area contributed by atoms with E-state index in [4.69, 9.17) is 9.26 Å². The zero-order chi connectivity index (χ0) is 16.2. The molecule has 1 heterocycles. The van der Waals surface area contributed by atoms with E-state index in [0.29, 0.717) is 5.69 Å². The van der Waals surface area contributed by atoms with Crippen LogP contribution in [0.3, 0.4) is 0 Å². The first-order chi connectivity index (χ1) is 11.1.